The third-order valence-corrected chi connectivity index (χ3v) is 5.18. The summed E-state index contributed by atoms with van der Waals surface area (Å²) in [5.74, 6) is -0.662. The van der Waals surface area contributed by atoms with Crippen LogP contribution in [0.1, 0.15) is 21.6 Å². The van der Waals surface area contributed by atoms with Gasteiger partial charge in [-0.25, -0.2) is 9.78 Å². The van der Waals surface area contributed by atoms with Gasteiger partial charge in [-0.1, -0.05) is 35.9 Å². The lowest BCUT2D eigenvalue weighted by atomic mass is 10.1. The number of anilines is 1. The average molecular weight is 401 g/mol. The third-order valence-electron chi connectivity index (χ3n) is 3.93. The van der Waals surface area contributed by atoms with Crippen molar-refractivity contribution in [2.45, 2.75) is 13.3 Å². The first-order valence-electron chi connectivity index (χ1n) is 8.16. The minimum Gasteiger partial charge on any atom is -0.465 e. The molecule has 1 aromatic heterocycles. The molecular formula is C20H17ClN2O3S. The van der Waals surface area contributed by atoms with Gasteiger partial charge < -0.3 is 10.1 Å². The Morgan fingerprint density at radius 2 is 2.00 bits per heavy atom. The van der Waals surface area contributed by atoms with Crippen molar-refractivity contribution in [1.29, 1.82) is 0 Å². The van der Waals surface area contributed by atoms with Crippen LogP contribution in [0.4, 0.5) is 5.69 Å². The van der Waals surface area contributed by atoms with Crippen LogP contribution in [0.3, 0.4) is 0 Å². The zero-order chi connectivity index (χ0) is 19.4. The number of aromatic nitrogens is 1. The number of aryl methyl sites for hydroxylation is 1. The molecule has 2 aromatic carbocycles. The maximum absolute atomic E-state index is 12.4. The van der Waals surface area contributed by atoms with E-state index in [1.54, 1.807) is 18.2 Å². The molecule has 0 aliphatic heterocycles. The van der Waals surface area contributed by atoms with Crippen molar-refractivity contribution in [2.24, 2.45) is 0 Å². The van der Waals surface area contributed by atoms with E-state index in [2.05, 4.69) is 10.3 Å². The van der Waals surface area contributed by atoms with Crippen LogP contribution in [-0.2, 0) is 16.0 Å². The van der Waals surface area contributed by atoms with Gasteiger partial charge in [0.05, 0.1) is 29.8 Å². The molecular weight excluding hydrogens is 384 g/mol. The number of hydrogen-bond donors (Lipinski definition) is 1. The molecule has 27 heavy (non-hydrogen) atoms. The molecule has 1 heterocycles. The number of esters is 1. The van der Waals surface area contributed by atoms with Gasteiger partial charge >= 0.3 is 5.97 Å². The molecule has 0 bridgehead atoms. The monoisotopic (exact) mass is 400 g/mol. The van der Waals surface area contributed by atoms with Crippen molar-refractivity contribution in [1.82, 2.24) is 4.98 Å². The number of nitrogens with one attached hydrogen (secondary N) is 1. The molecule has 0 atom stereocenters. The van der Waals surface area contributed by atoms with E-state index in [-0.39, 0.29) is 12.3 Å². The largest absolute Gasteiger partial charge is 0.465 e. The van der Waals surface area contributed by atoms with Crippen LogP contribution < -0.4 is 5.32 Å². The number of hydrogen-bond acceptors (Lipinski definition) is 5. The number of halogens is 1. The van der Waals surface area contributed by atoms with Gasteiger partial charge in [-0.3, -0.25) is 4.79 Å². The fourth-order valence-electron chi connectivity index (χ4n) is 2.51. The molecule has 7 heteroatoms. The number of rotatable bonds is 5. The summed E-state index contributed by atoms with van der Waals surface area (Å²) in [4.78, 5) is 28.6. The number of amides is 1. The van der Waals surface area contributed by atoms with E-state index in [1.165, 1.54) is 18.4 Å². The molecule has 5 nitrogen and oxygen atoms in total. The Bertz CT molecular complexity index is 1000. The predicted molar refractivity (Wildman–Crippen MR) is 107 cm³/mol. The quantitative estimate of drug-likeness (QED) is 0.628. The Balaban J connectivity index is 1.72. The van der Waals surface area contributed by atoms with Gasteiger partial charge in [0.1, 0.15) is 5.01 Å². The summed E-state index contributed by atoms with van der Waals surface area (Å²) < 4.78 is 4.72. The predicted octanol–water partition coefficient (Wildman–Crippen LogP) is 4.74. The molecule has 0 aliphatic carbocycles. The van der Waals surface area contributed by atoms with Crippen molar-refractivity contribution in [3.05, 3.63) is 69.7 Å². The second kappa shape index (κ2) is 8.33. The average Bonchev–Trinajstić information content (AvgIpc) is 3.11. The highest BCUT2D eigenvalue weighted by Gasteiger charge is 2.13. The van der Waals surface area contributed by atoms with Crippen molar-refractivity contribution in [3.8, 4) is 10.6 Å². The number of nitrogens with zero attached hydrogens (tertiary/aromatic N) is 1. The Hall–Kier alpha value is -2.70. The minimum absolute atomic E-state index is 0.128. The molecule has 0 saturated carbocycles. The fourth-order valence-corrected chi connectivity index (χ4v) is 3.65. The van der Waals surface area contributed by atoms with Gasteiger partial charge in [-0.15, -0.1) is 11.3 Å². The highest BCUT2D eigenvalue weighted by Crippen LogP contribution is 2.30. The third kappa shape index (κ3) is 4.53. The van der Waals surface area contributed by atoms with Crippen LogP contribution in [0.2, 0.25) is 5.02 Å². The summed E-state index contributed by atoms with van der Waals surface area (Å²) in [5.41, 5.74) is 3.32. The summed E-state index contributed by atoms with van der Waals surface area (Å²) in [6, 6.07) is 12.5. The zero-order valence-electron chi connectivity index (χ0n) is 14.8. The van der Waals surface area contributed by atoms with Crippen molar-refractivity contribution < 1.29 is 14.3 Å². The Morgan fingerprint density at radius 3 is 2.74 bits per heavy atom. The SMILES string of the molecule is COC(=O)c1ccc(C)c(NC(=O)Cc2csc(-c3ccccc3Cl)n2)c1. The summed E-state index contributed by atoms with van der Waals surface area (Å²) in [6.45, 7) is 1.86. The smallest absolute Gasteiger partial charge is 0.337 e. The maximum atomic E-state index is 12.4. The Labute approximate surface area is 166 Å². The van der Waals surface area contributed by atoms with Crippen molar-refractivity contribution in [3.63, 3.8) is 0 Å². The number of ether oxygens (including phenoxy) is 1. The molecule has 0 saturated heterocycles. The van der Waals surface area contributed by atoms with E-state index in [9.17, 15) is 9.59 Å². The lowest BCUT2D eigenvalue weighted by molar-refractivity contribution is -0.115. The molecule has 138 valence electrons. The zero-order valence-corrected chi connectivity index (χ0v) is 16.4. The highest BCUT2D eigenvalue weighted by atomic mass is 35.5. The number of carbonyl (C=O) groups excluding carboxylic acids is 2. The number of methoxy groups -OCH3 is 1. The first kappa shape index (κ1) is 19.1. The fraction of sp³-hybridized carbons (Fsp3) is 0.150. The minimum atomic E-state index is -0.450. The van der Waals surface area contributed by atoms with Crippen LogP contribution in [0.15, 0.2) is 47.8 Å². The topological polar surface area (TPSA) is 68.3 Å². The van der Waals surface area contributed by atoms with Gasteiger partial charge in [0, 0.05) is 16.6 Å². The highest BCUT2D eigenvalue weighted by molar-refractivity contribution is 7.13. The molecule has 0 unspecified atom stereocenters. The van der Waals surface area contributed by atoms with Gasteiger partial charge in [0.2, 0.25) is 5.91 Å². The van der Waals surface area contributed by atoms with Crippen LogP contribution >= 0.6 is 22.9 Å². The number of thiazole rings is 1. The van der Waals surface area contributed by atoms with Gasteiger partial charge in [0.25, 0.3) is 0 Å². The first-order chi connectivity index (χ1) is 13.0. The van der Waals surface area contributed by atoms with Crippen LogP contribution in [0.5, 0.6) is 0 Å². The summed E-state index contributed by atoms with van der Waals surface area (Å²) >= 11 is 7.64. The lowest BCUT2D eigenvalue weighted by Crippen LogP contribution is -2.16. The van der Waals surface area contributed by atoms with Crippen LogP contribution in [-0.4, -0.2) is 24.0 Å². The molecule has 3 rings (SSSR count). The molecule has 0 fully saturated rings. The molecule has 1 amide bonds. The van der Waals surface area contributed by atoms with E-state index in [4.69, 9.17) is 16.3 Å². The van der Waals surface area contributed by atoms with Crippen molar-refractivity contribution >= 4 is 40.5 Å². The lowest BCUT2D eigenvalue weighted by Gasteiger charge is -2.09. The molecule has 0 radical (unpaired) electrons. The van der Waals surface area contributed by atoms with Gasteiger partial charge in [-0.2, -0.15) is 0 Å². The van der Waals surface area contributed by atoms with E-state index in [0.717, 1.165) is 16.1 Å². The molecule has 3 aromatic rings. The molecule has 1 N–H and O–H groups in total. The van der Waals surface area contributed by atoms with Crippen LogP contribution in [0.25, 0.3) is 10.6 Å². The van der Waals surface area contributed by atoms with Gasteiger partial charge in [0.15, 0.2) is 0 Å². The second-order valence-electron chi connectivity index (χ2n) is 5.87. The van der Waals surface area contributed by atoms with E-state index < -0.39 is 5.97 Å². The number of benzene rings is 2. The number of carbonyl (C=O) groups is 2. The Morgan fingerprint density at radius 1 is 1.22 bits per heavy atom. The van der Waals surface area contributed by atoms with Crippen molar-refractivity contribution in [2.75, 3.05) is 12.4 Å². The first-order valence-corrected chi connectivity index (χ1v) is 9.42. The van der Waals surface area contributed by atoms with Crippen LogP contribution in [0, 0.1) is 6.92 Å². The maximum Gasteiger partial charge on any atom is 0.337 e. The molecule has 0 aliphatic rings. The standard InChI is InChI=1S/C20H17ClN2O3S/c1-12-7-8-13(20(25)26-2)9-17(12)23-18(24)10-14-11-27-19(22-14)15-5-3-4-6-16(15)21/h3-9,11H,10H2,1-2H3,(H,23,24). The van der Waals surface area contributed by atoms with E-state index in [1.807, 2.05) is 36.6 Å². The second-order valence-corrected chi connectivity index (χ2v) is 7.14. The summed E-state index contributed by atoms with van der Waals surface area (Å²) in [7, 11) is 1.32. The van der Waals surface area contributed by atoms with Gasteiger partial charge in [-0.05, 0) is 30.7 Å². The van der Waals surface area contributed by atoms with E-state index in [0.29, 0.717) is 22.0 Å². The van der Waals surface area contributed by atoms with E-state index >= 15 is 0 Å². The summed E-state index contributed by atoms with van der Waals surface area (Å²) in [5, 5.41) is 6.07. The summed E-state index contributed by atoms with van der Waals surface area (Å²) in [6.07, 6.45) is 0.128. The molecule has 0 spiro atoms. The Kier molecular flexibility index (Phi) is 5.88. The normalized spacial score (nSPS) is 10.5.